The molecule has 1 saturated carbocycles. The normalized spacial score (nSPS) is 16.7. The van der Waals surface area contributed by atoms with Gasteiger partial charge in [-0.05, 0) is 75.5 Å². The summed E-state index contributed by atoms with van der Waals surface area (Å²) in [5, 5.41) is 7.09. The maximum absolute atomic E-state index is 13.3. The molecule has 1 aliphatic rings. The molecule has 2 aromatic carbocycles. The van der Waals surface area contributed by atoms with Crippen molar-refractivity contribution in [2.45, 2.75) is 64.3 Å². The van der Waals surface area contributed by atoms with Crippen molar-refractivity contribution in [2.24, 2.45) is 5.92 Å². The summed E-state index contributed by atoms with van der Waals surface area (Å²) in [5.41, 5.74) is 3.56. The molecule has 1 N–H and O–H groups in total. The van der Waals surface area contributed by atoms with Crippen molar-refractivity contribution in [3.63, 3.8) is 0 Å². The predicted octanol–water partition coefficient (Wildman–Crippen LogP) is 7.88. The van der Waals surface area contributed by atoms with Gasteiger partial charge in [-0.2, -0.15) is 0 Å². The molecule has 2 heterocycles. The molecule has 0 spiro atoms. The maximum atomic E-state index is 13.3. The van der Waals surface area contributed by atoms with Crippen molar-refractivity contribution >= 4 is 50.8 Å². The van der Waals surface area contributed by atoms with Crippen LogP contribution in [-0.2, 0) is 22.5 Å². The fourth-order valence-electron chi connectivity index (χ4n) is 6.03. The number of fused-ring (bicyclic) bond motifs is 1. The maximum Gasteiger partial charge on any atom is 0.307 e. The summed E-state index contributed by atoms with van der Waals surface area (Å²) in [5.74, 6) is 2.04. The Balaban J connectivity index is 1.16. The molecule has 0 saturated heterocycles. The van der Waals surface area contributed by atoms with Gasteiger partial charge in [0, 0.05) is 34.5 Å². The fraction of sp³-hybridized carbons (Fsp3) is 0.424. The average molecular weight is 624 g/mol. The van der Waals surface area contributed by atoms with Crippen LogP contribution in [0.15, 0.2) is 47.8 Å². The van der Waals surface area contributed by atoms with Gasteiger partial charge in [-0.3, -0.25) is 14.9 Å². The van der Waals surface area contributed by atoms with Gasteiger partial charge < -0.3 is 18.8 Å². The Kier molecular flexibility index (Phi) is 10.3. The first-order valence-corrected chi connectivity index (χ1v) is 16.1. The Hall–Kier alpha value is -3.56. The lowest BCUT2D eigenvalue weighted by Gasteiger charge is -2.30. The van der Waals surface area contributed by atoms with Crippen molar-refractivity contribution in [3.8, 4) is 11.5 Å². The number of benzene rings is 2. The van der Waals surface area contributed by atoms with Crippen LogP contribution in [0.2, 0.25) is 5.02 Å². The summed E-state index contributed by atoms with van der Waals surface area (Å²) in [6.45, 7) is 2.48. The monoisotopic (exact) mass is 623 g/mol. The van der Waals surface area contributed by atoms with Crippen molar-refractivity contribution < 1.29 is 23.8 Å². The highest BCUT2D eigenvalue weighted by Gasteiger charge is 2.26. The number of anilines is 1. The molecule has 8 nitrogen and oxygen atoms in total. The van der Waals surface area contributed by atoms with Gasteiger partial charge in [-0.1, -0.05) is 29.8 Å². The lowest BCUT2D eigenvalue weighted by atomic mass is 9.77. The second-order valence-corrected chi connectivity index (χ2v) is 12.1. The van der Waals surface area contributed by atoms with Gasteiger partial charge in [-0.25, -0.2) is 4.98 Å². The molecular formula is C33H38ClN3O5S. The molecule has 0 unspecified atom stereocenters. The van der Waals surface area contributed by atoms with E-state index in [9.17, 15) is 9.59 Å². The first-order valence-electron chi connectivity index (χ1n) is 14.8. The molecule has 10 heteroatoms. The third-order valence-electron chi connectivity index (χ3n) is 8.26. The Morgan fingerprint density at radius 2 is 1.84 bits per heavy atom. The second kappa shape index (κ2) is 14.3. The number of hydrogen-bond donors (Lipinski definition) is 1. The molecule has 0 atom stereocenters. The van der Waals surface area contributed by atoms with E-state index in [0.717, 1.165) is 60.9 Å². The molecule has 1 fully saturated rings. The van der Waals surface area contributed by atoms with Crippen molar-refractivity contribution in [3.05, 3.63) is 69.8 Å². The number of esters is 1. The van der Waals surface area contributed by atoms with E-state index in [-0.39, 0.29) is 18.3 Å². The van der Waals surface area contributed by atoms with Crippen LogP contribution in [0, 0.1) is 5.92 Å². The smallest absolute Gasteiger partial charge is 0.307 e. The number of carbonyl (C=O) groups is 2. The Morgan fingerprint density at radius 1 is 1.07 bits per heavy atom. The van der Waals surface area contributed by atoms with Gasteiger partial charge in [0.2, 0.25) is 0 Å². The van der Waals surface area contributed by atoms with E-state index in [2.05, 4.69) is 5.32 Å². The van der Waals surface area contributed by atoms with Crippen molar-refractivity contribution in [1.82, 2.24) is 9.55 Å². The van der Waals surface area contributed by atoms with Gasteiger partial charge in [0.25, 0.3) is 5.91 Å². The van der Waals surface area contributed by atoms with Crippen LogP contribution < -0.4 is 14.8 Å². The van der Waals surface area contributed by atoms with E-state index in [4.69, 9.17) is 30.8 Å². The number of methoxy groups -OCH3 is 2. The van der Waals surface area contributed by atoms with Crippen LogP contribution in [0.1, 0.15) is 73.1 Å². The third-order valence-corrected chi connectivity index (χ3v) is 9.36. The van der Waals surface area contributed by atoms with Crippen molar-refractivity contribution in [2.75, 3.05) is 26.1 Å². The highest BCUT2D eigenvalue weighted by molar-refractivity contribution is 7.14. The number of amides is 1. The summed E-state index contributed by atoms with van der Waals surface area (Å²) in [7, 11) is 3.32. The lowest BCUT2D eigenvalue weighted by molar-refractivity contribution is -0.143. The third kappa shape index (κ3) is 7.33. The molecule has 2 aromatic heterocycles. The Morgan fingerprint density at radius 3 is 2.58 bits per heavy atom. The van der Waals surface area contributed by atoms with Crippen LogP contribution in [0.25, 0.3) is 10.9 Å². The number of nitrogens with one attached hydrogen (secondary N) is 1. The van der Waals surface area contributed by atoms with E-state index >= 15 is 0 Å². The summed E-state index contributed by atoms with van der Waals surface area (Å²) in [4.78, 5) is 30.1. The summed E-state index contributed by atoms with van der Waals surface area (Å²) in [6.07, 6.45) is 6.60. The molecule has 0 bridgehead atoms. The summed E-state index contributed by atoms with van der Waals surface area (Å²) in [6, 6.07) is 13.5. The first kappa shape index (κ1) is 30.9. The lowest BCUT2D eigenvalue weighted by Crippen LogP contribution is -2.18. The standard InChI is InChI=1S/C33H38ClN3O5S/c1-4-42-31(38)15-16-37-27-8-6-5-7-23(27)17-28(37)32(39)36-33-35-24(20-43-33)14-11-21-9-12-22(13-10-21)25-18-30(41-3)26(34)19-29(25)40-2/h5-8,17-22H,4,9-16H2,1-3H3,(H,35,36,39). The molecule has 228 valence electrons. The van der Waals surface area contributed by atoms with Crippen LogP contribution in [0.5, 0.6) is 11.5 Å². The summed E-state index contributed by atoms with van der Waals surface area (Å²) < 4.78 is 18.0. The zero-order chi connectivity index (χ0) is 30.3. The Bertz CT molecular complexity index is 1570. The molecule has 0 radical (unpaired) electrons. The minimum Gasteiger partial charge on any atom is -0.496 e. The van der Waals surface area contributed by atoms with Gasteiger partial charge in [0.05, 0.1) is 38.0 Å². The van der Waals surface area contributed by atoms with Crippen LogP contribution in [0.4, 0.5) is 5.13 Å². The number of hydrogen-bond acceptors (Lipinski definition) is 7. The van der Waals surface area contributed by atoms with E-state index in [0.29, 0.717) is 46.6 Å². The second-order valence-electron chi connectivity index (χ2n) is 10.9. The first-order chi connectivity index (χ1) is 20.9. The highest BCUT2D eigenvalue weighted by Crippen LogP contribution is 2.44. The molecule has 43 heavy (non-hydrogen) atoms. The number of ether oxygens (including phenoxy) is 3. The number of thiazole rings is 1. The molecule has 1 amide bonds. The number of nitrogens with zero attached hydrogens (tertiary/aromatic N) is 2. The number of rotatable bonds is 12. The average Bonchev–Trinajstić information content (AvgIpc) is 3.63. The number of para-hydroxylation sites is 1. The number of aromatic nitrogens is 2. The predicted molar refractivity (Wildman–Crippen MR) is 171 cm³/mol. The van der Waals surface area contributed by atoms with Crippen LogP contribution in [-0.4, -0.2) is 42.3 Å². The van der Waals surface area contributed by atoms with Crippen LogP contribution in [0.3, 0.4) is 0 Å². The fourth-order valence-corrected chi connectivity index (χ4v) is 7.00. The van der Waals surface area contributed by atoms with Gasteiger partial charge in [0.15, 0.2) is 5.13 Å². The summed E-state index contributed by atoms with van der Waals surface area (Å²) >= 11 is 7.75. The van der Waals surface area contributed by atoms with Crippen LogP contribution >= 0.6 is 22.9 Å². The van der Waals surface area contributed by atoms with Gasteiger partial charge in [-0.15, -0.1) is 11.3 Å². The Labute approximate surface area is 261 Å². The zero-order valence-electron chi connectivity index (χ0n) is 24.9. The number of carbonyl (C=O) groups excluding carboxylic acids is 2. The topological polar surface area (TPSA) is 91.7 Å². The van der Waals surface area contributed by atoms with Gasteiger partial charge in [0.1, 0.15) is 17.2 Å². The van der Waals surface area contributed by atoms with E-state index < -0.39 is 0 Å². The minimum atomic E-state index is -0.283. The van der Waals surface area contributed by atoms with E-state index in [1.165, 1.54) is 16.9 Å². The van der Waals surface area contributed by atoms with Crippen molar-refractivity contribution in [1.29, 1.82) is 0 Å². The highest BCUT2D eigenvalue weighted by atomic mass is 35.5. The molecular weight excluding hydrogens is 586 g/mol. The molecule has 5 rings (SSSR count). The quantitative estimate of drug-likeness (QED) is 0.161. The van der Waals surface area contributed by atoms with E-state index in [1.54, 1.807) is 21.1 Å². The number of aryl methyl sites for hydroxylation is 2. The van der Waals surface area contributed by atoms with Gasteiger partial charge >= 0.3 is 5.97 Å². The molecule has 1 aliphatic carbocycles. The van der Waals surface area contributed by atoms with E-state index in [1.807, 2.05) is 52.4 Å². The SMILES string of the molecule is CCOC(=O)CCn1c(C(=O)Nc2nc(CCC3CCC(c4cc(OC)c(Cl)cc4OC)CC3)cs2)cc2ccccc21. The number of halogens is 1. The minimum absolute atomic E-state index is 0.192. The molecule has 4 aromatic rings. The molecule has 0 aliphatic heterocycles. The zero-order valence-corrected chi connectivity index (χ0v) is 26.4. The largest absolute Gasteiger partial charge is 0.496 e.